The van der Waals surface area contributed by atoms with Crippen LogP contribution in [0.25, 0.3) is 12.2 Å². The van der Waals surface area contributed by atoms with E-state index < -0.39 is 5.97 Å². The Hall–Kier alpha value is -2.36. The van der Waals surface area contributed by atoms with E-state index in [1.165, 1.54) is 5.56 Å². The van der Waals surface area contributed by atoms with Crippen molar-refractivity contribution in [2.75, 3.05) is 0 Å². The molecule has 2 aromatic rings. The first-order valence-corrected chi connectivity index (χ1v) is 7.99. The Balaban J connectivity index is 1.82. The monoisotopic (exact) mass is 357 g/mol. The summed E-state index contributed by atoms with van der Waals surface area (Å²) in [6, 6.07) is 13.0. The third-order valence-corrected chi connectivity index (χ3v) is 3.95. The van der Waals surface area contributed by atoms with Gasteiger partial charge < -0.3 is 4.74 Å². The Labute approximate surface area is 149 Å². The molecule has 120 valence electrons. The van der Waals surface area contributed by atoms with Crippen LogP contribution in [0, 0.1) is 6.92 Å². The van der Waals surface area contributed by atoms with Crippen molar-refractivity contribution >= 4 is 47.2 Å². The SMILES string of the molecule is Cc1ccc(/C=C/C2=NC(=C\c3ccc(Cl)cc3Cl)/C(=O)O2)cc1. The fourth-order valence-corrected chi connectivity index (χ4v) is 2.57. The number of ether oxygens (including phenoxy) is 1. The summed E-state index contributed by atoms with van der Waals surface area (Å²) in [5, 5.41) is 0.975. The summed E-state index contributed by atoms with van der Waals surface area (Å²) < 4.78 is 5.14. The number of rotatable bonds is 3. The fourth-order valence-electron chi connectivity index (χ4n) is 2.11. The lowest BCUT2D eigenvalue weighted by molar-refractivity contribution is -0.129. The lowest BCUT2D eigenvalue weighted by Crippen LogP contribution is -2.01. The van der Waals surface area contributed by atoms with Crippen molar-refractivity contribution in [2.45, 2.75) is 6.92 Å². The average molecular weight is 358 g/mol. The summed E-state index contributed by atoms with van der Waals surface area (Å²) in [5.41, 5.74) is 3.03. The molecule has 1 aliphatic rings. The maximum absolute atomic E-state index is 11.9. The quantitative estimate of drug-likeness (QED) is 0.551. The molecule has 5 heteroatoms. The smallest absolute Gasteiger partial charge is 0.363 e. The minimum absolute atomic E-state index is 0.197. The van der Waals surface area contributed by atoms with Crippen LogP contribution in [0.1, 0.15) is 16.7 Å². The zero-order valence-corrected chi connectivity index (χ0v) is 14.3. The predicted octanol–water partition coefficient (Wildman–Crippen LogP) is 5.31. The summed E-state index contributed by atoms with van der Waals surface area (Å²) in [4.78, 5) is 16.1. The van der Waals surface area contributed by atoms with E-state index in [0.29, 0.717) is 15.6 Å². The molecule has 0 aromatic heterocycles. The van der Waals surface area contributed by atoms with Gasteiger partial charge in [-0.2, -0.15) is 0 Å². The van der Waals surface area contributed by atoms with Crippen molar-refractivity contribution in [3.63, 3.8) is 0 Å². The van der Waals surface area contributed by atoms with Gasteiger partial charge >= 0.3 is 5.97 Å². The van der Waals surface area contributed by atoms with Crippen LogP contribution in [0.5, 0.6) is 0 Å². The van der Waals surface area contributed by atoms with Crippen LogP contribution in [0.2, 0.25) is 10.0 Å². The second-order valence-corrected chi connectivity index (χ2v) is 6.12. The second kappa shape index (κ2) is 7.04. The van der Waals surface area contributed by atoms with Crippen LogP contribution in [0.15, 0.2) is 59.2 Å². The standard InChI is InChI=1S/C19H13Cl2NO2/c1-12-2-4-13(5-3-12)6-9-18-22-17(19(23)24-18)10-14-7-8-15(20)11-16(14)21/h2-11H,1H3/b9-6+,17-10-. The first-order chi connectivity index (χ1) is 11.5. The molecule has 0 aliphatic carbocycles. The van der Waals surface area contributed by atoms with Crippen molar-refractivity contribution in [1.82, 2.24) is 0 Å². The lowest BCUT2D eigenvalue weighted by atomic mass is 10.1. The molecule has 1 aliphatic heterocycles. The maximum Gasteiger partial charge on any atom is 0.363 e. The largest absolute Gasteiger partial charge is 0.403 e. The number of aryl methyl sites for hydroxylation is 1. The van der Waals surface area contributed by atoms with Crippen molar-refractivity contribution in [1.29, 1.82) is 0 Å². The van der Waals surface area contributed by atoms with Crippen molar-refractivity contribution < 1.29 is 9.53 Å². The number of hydrogen-bond donors (Lipinski definition) is 0. The van der Waals surface area contributed by atoms with Crippen molar-refractivity contribution in [2.24, 2.45) is 4.99 Å². The van der Waals surface area contributed by atoms with Gasteiger partial charge in [-0.1, -0.05) is 59.1 Å². The molecule has 0 radical (unpaired) electrons. The van der Waals surface area contributed by atoms with Crippen LogP contribution < -0.4 is 0 Å². The highest BCUT2D eigenvalue weighted by atomic mass is 35.5. The molecule has 1 heterocycles. The van der Waals surface area contributed by atoms with E-state index in [1.807, 2.05) is 37.3 Å². The summed E-state index contributed by atoms with van der Waals surface area (Å²) in [6.45, 7) is 2.02. The first kappa shape index (κ1) is 16.5. The molecule has 0 N–H and O–H groups in total. The van der Waals surface area contributed by atoms with Crippen LogP contribution >= 0.6 is 23.2 Å². The maximum atomic E-state index is 11.9. The van der Waals surface area contributed by atoms with E-state index in [0.717, 1.165) is 5.56 Å². The first-order valence-electron chi connectivity index (χ1n) is 7.23. The highest BCUT2D eigenvalue weighted by Crippen LogP contribution is 2.25. The van der Waals surface area contributed by atoms with Gasteiger partial charge in [0, 0.05) is 16.1 Å². The number of carbonyl (C=O) groups is 1. The summed E-state index contributed by atoms with van der Waals surface area (Å²) in [7, 11) is 0. The number of carbonyl (C=O) groups excluding carboxylic acids is 1. The molecule has 0 bridgehead atoms. The van der Waals surface area contributed by atoms with E-state index >= 15 is 0 Å². The highest BCUT2D eigenvalue weighted by molar-refractivity contribution is 6.35. The van der Waals surface area contributed by atoms with Crippen LogP contribution in [-0.2, 0) is 9.53 Å². The van der Waals surface area contributed by atoms with Crippen LogP contribution in [-0.4, -0.2) is 11.9 Å². The molecular formula is C19H13Cl2NO2. The van der Waals surface area contributed by atoms with Gasteiger partial charge in [-0.25, -0.2) is 9.79 Å². The third kappa shape index (κ3) is 3.94. The van der Waals surface area contributed by atoms with Gasteiger partial charge in [0.1, 0.15) is 0 Å². The fraction of sp³-hybridized carbons (Fsp3) is 0.0526. The predicted molar refractivity (Wildman–Crippen MR) is 98.2 cm³/mol. The van der Waals surface area contributed by atoms with Crippen molar-refractivity contribution in [3.8, 4) is 0 Å². The van der Waals surface area contributed by atoms with Gasteiger partial charge in [0.15, 0.2) is 5.70 Å². The zero-order valence-electron chi connectivity index (χ0n) is 12.8. The Bertz CT molecular complexity index is 881. The summed E-state index contributed by atoms with van der Waals surface area (Å²) in [6.07, 6.45) is 5.07. The number of aliphatic imine (C=N–C) groups is 1. The number of benzene rings is 2. The molecule has 0 unspecified atom stereocenters. The molecule has 2 aromatic carbocycles. The number of cyclic esters (lactones) is 1. The molecule has 0 fully saturated rings. The normalized spacial score (nSPS) is 15.9. The third-order valence-electron chi connectivity index (χ3n) is 3.39. The van der Waals surface area contributed by atoms with Gasteiger partial charge in [-0.05, 0) is 42.3 Å². The Morgan fingerprint density at radius 2 is 1.79 bits per heavy atom. The van der Waals surface area contributed by atoms with Gasteiger partial charge in [0.2, 0.25) is 5.90 Å². The molecule has 0 atom stereocenters. The number of hydrogen-bond acceptors (Lipinski definition) is 3. The van der Waals surface area contributed by atoms with E-state index in [-0.39, 0.29) is 11.6 Å². The number of nitrogens with zero attached hydrogens (tertiary/aromatic N) is 1. The molecule has 0 saturated carbocycles. The van der Waals surface area contributed by atoms with Crippen molar-refractivity contribution in [3.05, 3.63) is 81.0 Å². The van der Waals surface area contributed by atoms with E-state index in [2.05, 4.69) is 4.99 Å². The van der Waals surface area contributed by atoms with Gasteiger partial charge in [0.05, 0.1) is 0 Å². The number of esters is 1. The molecular weight excluding hydrogens is 345 g/mol. The Morgan fingerprint density at radius 3 is 2.50 bits per heavy atom. The zero-order chi connectivity index (χ0) is 17.1. The second-order valence-electron chi connectivity index (χ2n) is 5.28. The van der Waals surface area contributed by atoms with Crippen LogP contribution in [0.4, 0.5) is 0 Å². The van der Waals surface area contributed by atoms with Gasteiger partial charge in [0.25, 0.3) is 0 Å². The topological polar surface area (TPSA) is 38.7 Å². The average Bonchev–Trinajstić information content (AvgIpc) is 2.89. The Morgan fingerprint density at radius 1 is 1.04 bits per heavy atom. The van der Waals surface area contributed by atoms with E-state index in [1.54, 1.807) is 30.4 Å². The minimum atomic E-state index is -0.510. The van der Waals surface area contributed by atoms with Gasteiger partial charge in [-0.3, -0.25) is 0 Å². The molecule has 0 amide bonds. The van der Waals surface area contributed by atoms with E-state index in [9.17, 15) is 4.79 Å². The number of halogens is 2. The lowest BCUT2D eigenvalue weighted by Gasteiger charge is -1.98. The van der Waals surface area contributed by atoms with Crippen LogP contribution in [0.3, 0.4) is 0 Å². The molecule has 0 spiro atoms. The minimum Gasteiger partial charge on any atom is -0.403 e. The summed E-state index contributed by atoms with van der Waals surface area (Å²) >= 11 is 12.0. The highest BCUT2D eigenvalue weighted by Gasteiger charge is 2.21. The Kier molecular flexibility index (Phi) is 4.84. The molecule has 3 rings (SSSR count). The van der Waals surface area contributed by atoms with Gasteiger partial charge in [-0.15, -0.1) is 0 Å². The molecule has 24 heavy (non-hydrogen) atoms. The summed E-state index contributed by atoms with van der Waals surface area (Å²) in [5.74, 6) is -0.263. The van der Waals surface area contributed by atoms with E-state index in [4.69, 9.17) is 27.9 Å². The molecule has 3 nitrogen and oxygen atoms in total. The molecule has 0 saturated heterocycles.